The van der Waals surface area contributed by atoms with Gasteiger partial charge in [0.2, 0.25) is 5.91 Å². The molecule has 1 atom stereocenters. The van der Waals surface area contributed by atoms with Crippen LogP contribution < -0.4 is 5.32 Å². The molecule has 0 unspecified atom stereocenters. The van der Waals surface area contributed by atoms with E-state index >= 15 is 0 Å². The highest BCUT2D eigenvalue weighted by Gasteiger charge is 2.23. The molecule has 0 radical (unpaired) electrons. The summed E-state index contributed by atoms with van der Waals surface area (Å²) in [6, 6.07) is 14.2. The zero-order chi connectivity index (χ0) is 20.0. The van der Waals surface area contributed by atoms with E-state index in [1.165, 1.54) is 18.9 Å². The summed E-state index contributed by atoms with van der Waals surface area (Å²) in [7, 11) is 1.49. The summed E-state index contributed by atoms with van der Waals surface area (Å²) in [6.07, 6.45) is -0.990. The molecule has 0 aliphatic rings. The number of benzene rings is 2. The molecular weight excluding hydrogens is 344 g/mol. The Hall–Kier alpha value is -3.15. The second kappa shape index (κ2) is 8.98. The van der Waals surface area contributed by atoms with Gasteiger partial charge in [0.15, 0.2) is 6.10 Å². The van der Waals surface area contributed by atoms with Gasteiger partial charge in [0.05, 0.1) is 12.1 Å². The zero-order valence-electron chi connectivity index (χ0n) is 16.0. The number of amides is 2. The SMILES string of the molecule is Cc1ccc(NC(=O)CN(C)C(=O)[C@H](C)OC(=O)c2ccc(C)cc2)cc1. The summed E-state index contributed by atoms with van der Waals surface area (Å²) in [6.45, 7) is 5.22. The van der Waals surface area contributed by atoms with Gasteiger partial charge in [0, 0.05) is 12.7 Å². The summed E-state index contributed by atoms with van der Waals surface area (Å²) >= 11 is 0. The lowest BCUT2D eigenvalue weighted by molar-refractivity contribution is -0.140. The molecule has 1 N–H and O–H groups in total. The number of hydrogen-bond acceptors (Lipinski definition) is 4. The Kier molecular flexibility index (Phi) is 6.71. The molecule has 0 spiro atoms. The second-order valence-electron chi connectivity index (χ2n) is 6.52. The molecule has 142 valence electrons. The van der Waals surface area contributed by atoms with Crippen LogP contribution in [0.2, 0.25) is 0 Å². The normalized spacial score (nSPS) is 11.4. The highest BCUT2D eigenvalue weighted by atomic mass is 16.5. The zero-order valence-corrected chi connectivity index (χ0v) is 16.0. The fourth-order valence-corrected chi connectivity index (χ4v) is 2.41. The van der Waals surface area contributed by atoms with Crippen LogP contribution in [0.1, 0.15) is 28.4 Å². The van der Waals surface area contributed by atoms with Crippen LogP contribution >= 0.6 is 0 Å². The summed E-state index contributed by atoms with van der Waals surface area (Å²) in [5.41, 5.74) is 3.14. The van der Waals surface area contributed by atoms with Crippen LogP contribution in [0, 0.1) is 13.8 Å². The van der Waals surface area contributed by atoms with Gasteiger partial charge < -0.3 is 15.0 Å². The molecule has 2 amide bonds. The monoisotopic (exact) mass is 368 g/mol. The quantitative estimate of drug-likeness (QED) is 0.796. The molecule has 0 aliphatic carbocycles. The number of anilines is 1. The highest BCUT2D eigenvalue weighted by Crippen LogP contribution is 2.10. The first-order valence-corrected chi connectivity index (χ1v) is 8.65. The number of rotatable bonds is 6. The Morgan fingerprint density at radius 1 is 0.963 bits per heavy atom. The Morgan fingerprint density at radius 3 is 2.04 bits per heavy atom. The van der Waals surface area contributed by atoms with E-state index in [-0.39, 0.29) is 12.5 Å². The van der Waals surface area contributed by atoms with Gasteiger partial charge in [-0.25, -0.2) is 4.79 Å². The molecule has 0 saturated heterocycles. The first-order chi connectivity index (χ1) is 12.8. The van der Waals surface area contributed by atoms with E-state index in [0.29, 0.717) is 11.3 Å². The van der Waals surface area contributed by atoms with Crippen LogP contribution in [0.15, 0.2) is 48.5 Å². The number of nitrogens with one attached hydrogen (secondary N) is 1. The topological polar surface area (TPSA) is 75.7 Å². The van der Waals surface area contributed by atoms with E-state index in [1.54, 1.807) is 36.4 Å². The molecule has 2 rings (SSSR count). The third-order valence-electron chi connectivity index (χ3n) is 4.01. The van der Waals surface area contributed by atoms with Crippen molar-refractivity contribution in [1.82, 2.24) is 4.90 Å². The van der Waals surface area contributed by atoms with Gasteiger partial charge in [-0.1, -0.05) is 35.4 Å². The number of aryl methyl sites for hydroxylation is 2. The molecule has 0 aliphatic heterocycles. The lowest BCUT2D eigenvalue weighted by atomic mass is 10.1. The predicted octanol–water partition coefficient (Wildman–Crippen LogP) is 2.95. The van der Waals surface area contributed by atoms with E-state index in [2.05, 4.69) is 5.32 Å². The van der Waals surface area contributed by atoms with Gasteiger partial charge in [-0.05, 0) is 45.0 Å². The first kappa shape index (κ1) is 20.2. The smallest absolute Gasteiger partial charge is 0.338 e. The maximum absolute atomic E-state index is 12.4. The van der Waals surface area contributed by atoms with Crippen LogP contribution in [-0.4, -0.2) is 42.4 Å². The van der Waals surface area contributed by atoms with Crippen molar-refractivity contribution in [2.75, 3.05) is 18.9 Å². The molecule has 6 heteroatoms. The highest BCUT2D eigenvalue weighted by molar-refractivity contribution is 5.96. The molecule has 0 heterocycles. The number of carbonyl (C=O) groups excluding carboxylic acids is 3. The molecule has 0 fully saturated rings. The summed E-state index contributed by atoms with van der Waals surface area (Å²) in [5.74, 6) is -1.35. The number of nitrogens with zero attached hydrogens (tertiary/aromatic N) is 1. The van der Waals surface area contributed by atoms with Crippen molar-refractivity contribution in [1.29, 1.82) is 0 Å². The minimum absolute atomic E-state index is 0.140. The van der Waals surface area contributed by atoms with Crippen molar-refractivity contribution < 1.29 is 19.1 Å². The van der Waals surface area contributed by atoms with Crippen LogP contribution in [-0.2, 0) is 14.3 Å². The van der Waals surface area contributed by atoms with Crippen molar-refractivity contribution in [3.63, 3.8) is 0 Å². The van der Waals surface area contributed by atoms with Crippen molar-refractivity contribution in [3.8, 4) is 0 Å². The van der Waals surface area contributed by atoms with Crippen LogP contribution in [0.3, 0.4) is 0 Å². The second-order valence-corrected chi connectivity index (χ2v) is 6.52. The fraction of sp³-hybridized carbons (Fsp3) is 0.286. The van der Waals surface area contributed by atoms with Gasteiger partial charge in [-0.3, -0.25) is 9.59 Å². The maximum Gasteiger partial charge on any atom is 0.338 e. The van der Waals surface area contributed by atoms with Gasteiger partial charge in [-0.15, -0.1) is 0 Å². The molecular formula is C21H24N2O4. The van der Waals surface area contributed by atoms with E-state index in [0.717, 1.165) is 11.1 Å². The van der Waals surface area contributed by atoms with Gasteiger partial charge in [0.1, 0.15) is 0 Å². The van der Waals surface area contributed by atoms with E-state index in [4.69, 9.17) is 4.74 Å². The number of ether oxygens (including phenoxy) is 1. The number of hydrogen-bond donors (Lipinski definition) is 1. The number of esters is 1. The molecule has 0 bridgehead atoms. The third-order valence-corrected chi connectivity index (χ3v) is 4.01. The number of carbonyl (C=O) groups is 3. The lowest BCUT2D eigenvalue weighted by Gasteiger charge is -2.21. The summed E-state index contributed by atoms with van der Waals surface area (Å²) in [5, 5.41) is 2.73. The van der Waals surface area contributed by atoms with Crippen molar-refractivity contribution >= 4 is 23.5 Å². The standard InChI is InChI=1S/C21H24N2O4/c1-14-5-9-17(10-6-14)21(26)27-16(3)20(25)23(4)13-19(24)22-18-11-7-15(2)8-12-18/h5-12,16H,13H2,1-4H3,(H,22,24)/t16-/m0/s1. The Morgan fingerprint density at radius 2 is 1.48 bits per heavy atom. The predicted molar refractivity (Wildman–Crippen MR) is 104 cm³/mol. The van der Waals surface area contributed by atoms with E-state index in [1.807, 2.05) is 26.0 Å². The minimum Gasteiger partial charge on any atom is -0.449 e. The Labute approximate surface area is 159 Å². The third kappa shape index (κ3) is 5.95. The minimum atomic E-state index is -0.990. The van der Waals surface area contributed by atoms with E-state index < -0.39 is 18.0 Å². The molecule has 2 aromatic carbocycles. The largest absolute Gasteiger partial charge is 0.449 e. The summed E-state index contributed by atoms with van der Waals surface area (Å²) < 4.78 is 5.21. The molecule has 2 aromatic rings. The van der Waals surface area contributed by atoms with Gasteiger partial charge in [-0.2, -0.15) is 0 Å². The molecule has 0 aromatic heterocycles. The molecule has 27 heavy (non-hydrogen) atoms. The Bertz CT molecular complexity index is 813. The van der Waals surface area contributed by atoms with Crippen molar-refractivity contribution in [3.05, 3.63) is 65.2 Å². The lowest BCUT2D eigenvalue weighted by Crippen LogP contribution is -2.41. The van der Waals surface area contributed by atoms with Gasteiger partial charge in [0.25, 0.3) is 5.91 Å². The average Bonchev–Trinajstić information content (AvgIpc) is 2.63. The fourth-order valence-electron chi connectivity index (χ4n) is 2.41. The summed E-state index contributed by atoms with van der Waals surface area (Å²) in [4.78, 5) is 37.8. The maximum atomic E-state index is 12.4. The van der Waals surface area contributed by atoms with Crippen LogP contribution in [0.25, 0.3) is 0 Å². The van der Waals surface area contributed by atoms with Crippen LogP contribution in [0.5, 0.6) is 0 Å². The van der Waals surface area contributed by atoms with Crippen molar-refractivity contribution in [2.24, 2.45) is 0 Å². The Balaban J connectivity index is 1.87. The average molecular weight is 368 g/mol. The first-order valence-electron chi connectivity index (χ1n) is 8.65. The van der Waals surface area contributed by atoms with Crippen molar-refractivity contribution in [2.45, 2.75) is 26.9 Å². The van der Waals surface area contributed by atoms with Crippen LogP contribution in [0.4, 0.5) is 5.69 Å². The molecule has 6 nitrogen and oxygen atoms in total. The van der Waals surface area contributed by atoms with Gasteiger partial charge >= 0.3 is 5.97 Å². The molecule has 0 saturated carbocycles. The van der Waals surface area contributed by atoms with E-state index in [9.17, 15) is 14.4 Å². The number of likely N-dealkylation sites (N-methyl/N-ethyl adjacent to an activating group) is 1.